The van der Waals surface area contributed by atoms with Crippen molar-refractivity contribution in [3.63, 3.8) is 0 Å². The normalized spacial score (nSPS) is 11.3. The summed E-state index contributed by atoms with van der Waals surface area (Å²) in [6.07, 6.45) is -1.72. The first-order valence-corrected chi connectivity index (χ1v) is 9.35. The summed E-state index contributed by atoms with van der Waals surface area (Å²) in [7, 11) is 0. The molecule has 4 aromatic rings. The molecule has 0 aliphatic rings. The molecule has 1 aromatic carbocycles. The Balaban J connectivity index is 1.50. The number of nitrogens with zero attached hydrogens (tertiary/aromatic N) is 4. The van der Waals surface area contributed by atoms with Gasteiger partial charge in [0.25, 0.3) is 5.91 Å². The third-order valence-corrected chi connectivity index (χ3v) is 4.60. The van der Waals surface area contributed by atoms with Gasteiger partial charge in [-0.3, -0.25) is 15.1 Å². The van der Waals surface area contributed by atoms with Crippen molar-refractivity contribution >= 4 is 22.4 Å². The first kappa shape index (κ1) is 19.6. The standard InChI is InChI=1S/C19H12F3N5O2S/c20-19(21,22)29-13-6-4-12(5-7-13)27-16(8-10-24-27)17(28)26-18-25-15(11-30-18)14-3-1-2-9-23-14/h1-11H,(H,25,26,28). The maximum atomic E-state index is 12.7. The molecule has 0 aliphatic heterocycles. The molecule has 7 nitrogen and oxygen atoms in total. The lowest BCUT2D eigenvalue weighted by molar-refractivity contribution is -0.274. The topological polar surface area (TPSA) is 81.9 Å². The predicted molar refractivity (Wildman–Crippen MR) is 104 cm³/mol. The molecule has 3 heterocycles. The van der Waals surface area contributed by atoms with Crippen LogP contribution in [0.15, 0.2) is 66.3 Å². The lowest BCUT2D eigenvalue weighted by atomic mass is 10.3. The molecule has 1 N–H and O–H groups in total. The first-order valence-electron chi connectivity index (χ1n) is 8.47. The fraction of sp³-hybridized carbons (Fsp3) is 0.0526. The molecule has 30 heavy (non-hydrogen) atoms. The zero-order valence-corrected chi connectivity index (χ0v) is 15.8. The second-order valence-electron chi connectivity index (χ2n) is 5.88. The van der Waals surface area contributed by atoms with E-state index in [0.29, 0.717) is 22.2 Å². The van der Waals surface area contributed by atoms with Gasteiger partial charge in [-0.15, -0.1) is 24.5 Å². The largest absolute Gasteiger partial charge is 0.573 e. The van der Waals surface area contributed by atoms with E-state index < -0.39 is 12.3 Å². The van der Waals surface area contributed by atoms with E-state index in [1.165, 1.54) is 40.4 Å². The van der Waals surface area contributed by atoms with Gasteiger partial charge in [-0.2, -0.15) is 5.10 Å². The molecule has 11 heteroatoms. The highest BCUT2D eigenvalue weighted by Crippen LogP contribution is 2.25. The number of nitrogens with one attached hydrogen (secondary N) is 1. The Labute approximate surface area is 171 Å². The van der Waals surface area contributed by atoms with Gasteiger partial charge in [-0.25, -0.2) is 9.67 Å². The number of pyridine rings is 1. The summed E-state index contributed by atoms with van der Waals surface area (Å²) in [5.74, 6) is -0.834. The highest BCUT2D eigenvalue weighted by Gasteiger charge is 2.31. The van der Waals surface area contributed by atoms with Crippen LogP contribution in [-0.4, -0.2) is 32.0 Å². The van der Waals surface area contributed by atoms with Crippen molar-refractivity contribution < 1.29 is 22.7 Å². The highest BCUT2D eigenvalue weighted by molar-refractivity contribution is 7.14. The smallest absolute Gasteiger partial charge is 0.406 e. The highest BCUT2D eigenvalue weighted by atomic mass is 32.1. The van der Waals surface area contributed by atoms with Crippen LogP contribution >= 0.6 is 11.3 Å². The summed E-state index contributed by atoms with van der Waals surface area (Å²) in [6, 6.07) is 12.0. The van der Waals surface area contributed by atoms with Gasteiger partial charge in [0, 0.05) is 11.6 Å². The molecule has 0 saturated heterocycles. The van der Waals surface area contributed by atoms with E-state index in [4.69, 9.17) is 0 Å². The van der Waals surface area contributed by atoms with Gasteiger partial charge in [0.1, 0.15) is 17.1 Å². The zero-order valence-electron chi connectivity index (χ0n) is 15.0. The number of rotatable bonds is 5. The Morgan fingerprint density at radius 1 is 1.03 bits per heavy atom. The van der Waals surface area contributed by atoms with Crippen molar-refractivity contribution in [2.45, 2.75) is 6.36 Å². The number of anilines is 1. The average Bonchev–Trinajstić information content (AvgIpc) is 3.38. The van der Waals surface area contributed by atoms with Gasteiger partial charge >= 0.3 is 6.36 Å². The minimum atomic E-state index is -4.78. The number of carbonyl (C=O) groups excluding carboxylic acids is 1. The van der Waals surface area contributed by atoms with Gasteiger partial charge in [0.05, 0.1) is 17.6 Å². The summed E-state index contributed by atoms with van der Waals surface area (Å²) >= 11 is 1.24. The SMILES string of the molecule is O=C(Nc1nc(-c2ccccn2)cs1)c1ccnn1-c1ccc(OC(F)(F)F)cc1. The molecule has 152 valence electrons. The minimum absolute atomic E-state index is 0.189. The predicted octanol–water partition coefficient (Wildman–Crippen LogP) is 4.54. The second-order valence-corrected chi connectivity index (χ2v) is 6.74. The maximum Gasteiger partial charge on any atom is 0.573 e. The second kappa shape index (κ2) is 7.95. The number of amides is 1. The summed E-state index contributed by atoms with van der Waals surface area (Å²) in [5.41, 5.74) is 1.90. The van der Waals surface area contributed by atoms with Crippen LogP contribution in [0.25, 0.3) is 17.1 Å². The number of aromatic nitrogens is 4. The monoisotopic (exact) mass is 431 g/mol. The van der Waals surface area contributed by atoms with E-state index in [9.17, 15) is 18.0 Å². The molecule has 0 spiro atoms. The van der Waals surface area contributed by atoms with Crippen molar-refractivity contribution in [2.24, 2.45) is 0 Å². The van der Waals surface area contributed by atoms with Crippen LogP contribution in [0.1, 0.15) is 10.5 Å². The summed E-state index contributed by atoms with van der Waals surface area (Å²) in [4.78, 5) is 21.2. The quantitative estimate of drug-likeness (QED) is 0.502. The molecule has 1 amide bonds. The lowest BCUT2D eigenvalue weighted by Gasteiger charge is -2.10. The molecular weight excluding hydrogens is 419 g/mol. The number of benzene rings is 1. The van der Waals surface area contributed by atoms with Gasteiger partial charge < -0.3 is 4.74 Å². The molecule has 0 fully saturated rings. The minimum Gasteiger partial charge on any atom is -0.406 e. The number of ether oxygens (including phenoxy) is 1. The number of hydrogen-bond acceptors (Lipinski definition) is 6. The molecule has 0 unspecified atom stereocenters. The summed E-state index contributed by atoms with van der Waals surface area (Å²) in [6.45, 7) is 0. The van der Waals surface area contributed by atoms with Crippen LogP contribution in [0.3, 0.4) is 0 Å². The van der Waals surface area contributed by atoms with Crippen LogP contribution < -0.4 is 10.1 Å². The molecule has 0 atom stereocenters. The number of carbonyl (C=O) groups is 1. The molecule has 0 aliphatic carbocycles. The van der Waals surface area contributed by atoms with Crippen LogP contribution in [0.2, 0.25) is 0 Å². The molecule has 0 radical (unpaired) electrons. The van der Waals surface area contributed by atoms with E-state index >= 15 is 0 Å². The fourth-order valence-electron chi connectivity index (χ4n) is 2.59. The molecule has 0 bridgehead atoms. The van der Waals surface area contributed by atoms with E-state index in [0.717, 1.165) is 12.1 Å². The Morgan fingerprint density at radius 2 is 1.83 bits per heavy atom. The van der Waals surface area contributed by atoms with Crippen molar-refractivity contribution in [3.8, 4) is 22.8 Å². The summed E-state index contributed by atoms with van der Waals surface area (Å²) < 4.78 is 42.1. The fourth-order valence-corrected chi connectivity index (χ4v) is 3.29. The Morgan fingerprint density at radius 3 is 2.53 bits per heavy atom. The van der Waals surface area contributed by atoms with Crippen LogP contribution in [0, 0.1) is 0 Å². The summed E-state index contributed by atoms with van der Waals surface area (Å²) in [5, 5.41) is 8.92. The number of hydrogen-bond donors (Lipinski definition) is 1. The van der Waals surface area contributed by atoms with Crippen LogP contribution in [0.5, 0.6) is 5.75 Å². The first-order chi connectivity index (χ1) is 14.4. The van der Waals surface area contributed by atoms with E-state index in [-0.39, 0.29) is 11.4 Å². The number of halogens is 3. The van der Waals surface area contributed by atoms with Crippen LogP contribution in [-0.2, 0) is 0 Å². The third kappa shape index (κ3) is 4.46. The number of alkyl halides is 3. The van der Waals surface area contributed by atoms with Crippen molar-refractivity contribution in [3.05, 3.63) is 72.0 Å². The Bertz CT molecular complexity index is 1160. The molecule has 3 aromatic heterocycles. The average molecular weight is 431 g/mol. The molecule has 0 saturated carbocycles. The van der Waals surface area contributed by atoms with E-state index in [1.54, 1.807) is 17.6 Å². The van der Waals surface area contributed by atoms with Gasteiger partial charge in [0.2, 0.25) is 0 Å². The Kier molecular flexibility index (Phi) is 5.19. The Hall–Kier alpha value is -3.73. The number of thiazole rings is 1. The van der Waals surface area contributed by atoms with E-state index in [2.05, 4.69) is 25.1 Å². The van der Waals surface area contributed by atoms with Crippen molar-refractivity contribution in [1.82, 2.24) is 19.7 Å². The van der Waals surface area contributed by atoms with Gasteiger partial charge in [-0.05, 0) is 42.5 Å². The van der Waals surface area contributed by atoms with E-state index in [1.807, 2.05) is 12.1 Å². The molecule has 4 rings (SSSR count). The maximum absolute atomic E-state index is 12.7. The third-order valence-electron chi connectivity index (χ3n) is 3.84. The molecular formula is C19H12F3N5O2S. The zero-order chi connectivity index (χ0) is 21.1. The van der Waals surface area contributed by atoms with Crippen molar-refractivity contribution in [2.75, 3.05) is 5.32 Å². The van der Waals surface area contributed by atoms with Crippen molar-refractivity contribution in [1.29, 1.82) is 0 Å². The van der Waals surface area contributed by atoms with Gasteiger partial charge in [0.15, 0.2) is 5.13 Å². The van der Waals surface area contributed by atoms with Gasteiger partial charge in [-0.1, -0.05) is 6.07 Å². The lowest BCUT2D eigenvalue weighted by Crippen LogP contribution is -2.18. The van der Waals surface area contributed by atoms with Crippen LogP contribution in [0.4, 0.5) is 18.3 Å².